The molecule has 0 aliphatic carbocycles. The molecule has 0 aliphatic heterocycles. The molecular formula is C20H23N3O5. The minimum Gasteiger partial charge on any atom is -0.487 e. The molecule has 1 aromatic heterocycles. The van der Waals surface area contributed by atoms with Gasteiger partial charge in [0.1, 0.15) is 25.3 Å². The van der Waals surface area contributed by atoms with Crippen LogP contribution >= 0.6 is 0 Å². The Balaban J connectivity index is 1.94. The van der Waals surface area contributed by atoms with Crippen LogP contribution < -0.4 is 19.9 Å². The Morgan fingerprint density at radius 1 is 0.821 bits per heavy atom. The molecule has 8 heteroatoms. The number of rotatable bonds is 10. The Kier molecular flexibility index (Phi) is 6.83. The number of nitrogens with two attached hydrogens (primary N) is 1. The van der Waals surface area contributed by atoms with Crippen molar-refractivity contribution in [3.05, 3.63) is 42.7 Å². The van der Waals surface area contributed by atoms with E-state index in [1.54, 1.807) is 50.6 Å². The topological polar surface area (TPSA) is 98.0 Å². The van der Waals surface area contributed by atoms with E-state index in [4.69, 9.17) is 29.4 Å². The summed E-state index contributed by atoms with van der Waals surface area (Å²) in [5, 5.41) is 0.700. The van der Waals surface area contributed by atoms with Gasteiger partial charge in [-0.25, -0.2) is 9.97 Å². The molecule has 0 saturated heterocycles. The lowest BCUT2D eigenvalue weighted by Gasteiger charge is -2.15. The number of hydrogen-bond donors (Lipinski definition) is 1. The van der Waals surface area contributed by atoms with Crippen LogP contribution in [-0.2, 0) is 9.47 Å². The zero-order valence-electron chi connectivity index (χ0n) is 15.9. The fraction of sp³-hybridized carbons (Fsp3) is 0.300. The number of benzene rings is 2. The highest BCUT2D eigenvalue weighted by molar-refractivity contribution is 5.87. The Morgan fingerprint density at radius 3 is 2.11 bits per heavy atom. The summed E-state index contributed by atoms with van der Waals surface area (Å²) in [4.78, 5) is 8.58. The molecule has 3 aromatic rings. The van der Waals surface area contributed by atoms with Crippen LogP contribution in [0.15, 0.2) is 42.7 Å². The van der Waals surface area contributed by atoms with Gasteiger partial charge < -0.3 is 29.4 Å². The standard InChI is InChI=1S/C20H23N3O5/c1-24-7-9-26-18-11-16-17(12-19(18)27-10-8-25-2)22-13-23-20(16)28-15-5-3-14(21)4-6-15/h3-6,11-13H,7-10,21H2,1-2H3. The zero-order chi connectivity index (χ0) is 19.8. The SMILES string of the molecule is COCCOc1cc2ncnc(Oc3ccc(N)cc3)c2cc1OCCOC. The van der Waals surface area contributed by atoms with Crippen molar-refractivity contribution >= 4 is 16.6 Å². The maximum atomic E-state index is 5.92. The molecule has 28 heavy (non-hydrogen) atoms. The van der Waals surface area contributed by atoms with Crippen molar-refractivity contribution in [2.24, 2.45) is 0 Å². The number of methoxy groups -OCH3 is 2. The van der Waals surface area contributed by atoms with Gasteiger partial charge in [-0.2, -0.15) is 0 Å². The molecule has 2 aromatic carbocycles. The fourth-order valence-electron chi connectivity index (χ4n) is 2.46. The van der Waals surface area contributed by atoms with Crippen molar-refractivity contribution in [2.45, 2.75) is 0 Å². The number of hydrogen-bond acceptors (Lipinski definition) is 8. The van der Waals surface area contributed by atoms with E-state index in [1.807, 2.05) is 0 Å². The molecule has 0 aliphatic rings. The minimum absolute atomic E-state index is 0.379. The molecule has 0 unspecified atom stereocenters. The van der Waals surface area contributed by atoms with Crippen molar-refractivity contribution in [3.8, 4) is 23.1 Å². The van der Waals surface area contributed by atoms with Gasteiger partial charge in [0.15, 0.2) is 11.5 Å². The molecule has 1 heterocycles. The van der Waals surface area contributed by atoms with Gasteiger partial charge in [0, 0.05) is 26.0 Å². The van der Waals surface area contributed by atoms with E-state index in [0.29, 0.717) is 66.1 Å². The lowest BCUT2D eigenvalue weighted by Crippen LogP contribution is -2.08. The Hall–Kier alpha value is -3.10. The largest absolute Gasteiger partial charge is 0.487 e. The maximum Gasteiger partial charge on any atom is 0.230 e. The number of fused-ring (bicyclic) bond motifs is 1. The Bertz CT molecular complexity index is 902. The molecular weight excluding hydrogens is 362 g/mol. The molecule has 2 N–H and O–H groups in total. The second kappa shape index (κ2) is 9.72. The molecule has 0 radical (unpaired) electrons. The summed E-state index contributed by atoms with van der Waals surface area (Å²) in [7, 11) is 3.24. The maximum absolute atomic E-state index is 5.92. The van der Waals surface area contributed by atoms with E-state index in [2.05, 4.69) is 9.97 Å². The predicted molar refractivity (Wildman–Crippen MR) is 105 cm³/mol. The normalized spacial score (nSPS) is 10.8. The summed E-state index contributed by atoms with van der Waals surface area (Å²) in [6.45, 7) is 1.69. The first-order valence-corrected chi connectivity index (χ1v) is 8.77. The van der Waals surface area contributed by atoms with Crippen molar-refractivity contribution in [3.63, 3.8) is 0 Å². The molecule has 0 saturated carbocycles. The molecule has 8 nitrogen and oxygen atoms in total. The average molecular weight is 385 g/mol. The van der Waals surface area contributed by atoms with Crippen LogP contribution in [0.1, 0.15) is 0 Å². The van der Waals surface area contributed by atoms with E-state index in [9.17, 15) is 0 Å². The van der Waals surface area contributed by atoms with Gasteiger partial charge >= 0.3 is 0 Å². The quantitative estimate of drug-likeness (QED) is 0.420. The van der Waals surface area contributed by atoms with Crippen LogP contribution in [0.5, 0.6) is 23.1 Å². The summed E-state index contributed by atoms with van der Waals surface area (Å²) in [5.74, 6) is 2.15. The third-order valence-corrected chi connectivity index (χ3v) is 3.85. The number of nitrogens with zero attached hydrogens (tertiary/aromatic N) is 2. The summed E-state index contributed by atoms with van der Waals surface area (Å²) in [6.07, 6.45) is 1.44. The van der Waals surface area contributed by atoms with Gasteiger partial charge in [0.25, 0.3) is 0 Å². The van der Waals surface area contributed by atoms with Crippen LogP contribution in [0.4, 0.5) is 5.69 Å². The highest BCUT2D eigenvalue weighted by Crippen LogP contribution is 2.36. The summed E-state index contributed by atoms with van der Waals surface area (Å²) < 4.78 is 27.6. The van der Waals surface area contributed by atoms with E-state index in [-0.39, 0.29) is 0 Å². The van der Waals surface area contributed by atoms with E-state index in [1.165, 1.54) is 6.33 Å². The second-order valence-electron chi connectivity index (χ2n) is 5.85. The van der Waals surface area contributed by atoms with Crippen molar-refractivity contribution < 1.29 is 23.7 Å². The Labute approximate surface area is 163 Å². The van der Waals surface area contributed by atoms with Gasteiger partial charge in [-0.3, -0.25) is 0 Å². The molecule has 0 atom stereocenters. The summed E-state index contributed by atoms with van der Waals surface area (Å²) in [6, 6.07) is 10.7. The van der Waals surface area contributed by atoms with Crippen molar-refractivity contribution in [1.29, 1.82) is 0 Å². The summed E-state index contributed by atoms with van der Waals surface area (Å²) >= 11 is 0. The van der Waals surface area contributed by atoms with Gasteiger partial charge in [0.2, 0.25) is 5.88 Å². The van der Waals surface area contributed by atoms with Crippen LogP contribution in [-0.4, -0.2) is 50.6 Å². The van der Waals surface area contributed by atoms with Crippen LogP contribution in [0.25, 0.3) is 10.9 Å². The lowest BCUT2D eigenvalue weighted by atomic mass is 10.2. The fourth-order valence-corrected chi connectivity index (χ4v) is 2.46. The van der Waals surface area contributed by atoms with Crippen molar-refractivity contribution in [2.75, 3.05) is 46.4 Å². The van der Waals surface area contributed by atoms with E-state index < -0.39 is 0 Å². The smallest absolute Gasteiger partial charge is 0.230 e. The van der Waals surface area contributed by atoms with Gasteiger partial charge in [0.05, 0.1) is 24.1 Å². The first-order chi connectivity index (χ1) is 13.7. The van der Waals surface area contributed by atoms with Crippen LogP contribution in [0, 0.1) is 0 Å². The number of nitrogen functional groups attached to an aromatic ring is 1. The number of ether oxygens (including phenoxy) is 5. The first-order valence-electron chi connectivity index (χ1n) is 8.77. The van der Waals surface area contributed by atoms with Crippen LogP contribution in [0.3, 0.4) is 0 Å². The van der Waals surface area contributed by atoms with Crippen molar-refractivity contribution in [1.82, 2.24) is 9.97 Å². The minimum atomic E-state index is 0.379. The summed E-state index contributed by atoms with van der Waals surface area (Å²) in [5.41, 5.74) is 7.06. The van der Waals surface area contributed by atoms with Gasteiger partial charge in [-0.05, 0) is 30.3 Å². The zero-order valence-corrected chi connectivity index (χ0v) is 15.9. The molecule has 0 spiro atoms. The molecule has 0 bridgehead atoms. The highest BCUT2D eigenvalue weighted by Gasteiger charge is 2.14. The van der Waals surface area contributed by atoms with E-state index in [0.717, 1.165) is 0 Å². The second-order valence-corrected chi connectivity index (χ2v) is 5.85. The monoisotopic (exact) mass is 385 g/mol. The van der Waals surface area contributed by atoms with Gasteiger partial charge in [-0.1, -0.05) is 0 Å². The van der Waals surface area contributed by atoms with E-state index >= 15 is 0 Å². The molecule has 0 amide bonds. The number of anilines is 1. The molecule has 148 valence electrons. The van der Waals surface area contributed by atoms with Crippen LogP contribution in [0.2, 0.25) is 0 Å². The average Bonchev–Trinajstić information content (AvgIpc) is 2.70. The first kappa shape index (κ1) is 19.7. The Morgan fingerprint density at radius 2 is 1.46 bits per heavy atom. The third-order valence-electron chi connectivity index (χ3n) is 3.85. The van der Waals surface area contributed by atoms with Gasteiger partial charge in [-0.15, -0.1) is 0 Å². The number of aromatic nitrogens is 2. The molecule has 3 rings (SSSR count). The predicted octanol–water partition coefficient (Wildman–Crippen LogP) is 3.05. The lowest BCUT2D eigenvalue weighted by molar-refractivity contribution is 0.132. The highest BCUT2D eigenvalue weighted by atomic mass is 16.5. The molecule has 0 fully saturated rings. The third kappa shape index (κ3) is 4.99.